The summed E-state index contributed by atoms with van der Waals surface area (Å²) < 4.78 is 30.3. The zero-order valence-corrected chi connectivity index (χ0v) is 19.1. The van der Waals surface area contributed by atoms with E-state index in [0.29, 0.717) is 18.7 Å². The first kappa shape index (κ1) is 22.1. The Morgan fingerprint density at radius 2 is 1.79 bits per heavy atom. The summed E-state index contributed by atoms with van der Waals surface area (Å²) in [6, 6.07) is 7.30. The van der Waals surface area contributed by atoms with Crippen molar-refractivity contribution in [1.82, 2.24) is 14.8 Å². The average Bonchev–Trinajstić information content (AvgIpc) is 3.30. The number of anilines is 1. The largest absolute Gasteiger partial charge is 0.353 e. The molecule has 0 radical (unpaired) electrons. The number of benzene rings is 1. The van der Waals surface area contributed by atoms with Crippen LogP contribution >= 0.6 is 0 Å². The number of aromatic nitrogens is 1. The molecule has 8 heteroatoms. The molecule has 2 amide bonds. The molecule has 3 fully saturated rings. The molecule has 3 aliphatic rings. The minimum absolute atomic E-state index is 0.191. The minimum atomic E-state index is -0.709. The van der Waals surface area contributed by atoms with Crippen LogP contribution < -0.4 is 10.2 Å². The van der Waals surface area contributed by atoms with Crippen LogP contribution in [-0.4, -0.2) is 46.0 Å². The summed E-state index contributed by atoms with van der Waals surface area (Å²) >= 11 is 0. The molecule has 3 heterocycles. The Labute approximate surface area is 193 Å². The molecule has 0 unspecified atom stereocenters. The third kappa shape index (κ3) is 4.28. The van der Waals surface area contributed by atoms with Crippen LogP contribution in [-0.2, 0) is 13.6 Å². The lowest BCUT2D eigenvalue weighted by Gasteiger charge is -2.43. The number of nitrogens with zero attached hydrogens (tertiary/aromatic N) is 4. The van der Waals surface area contributed by atoms with Gasteiger partial charge in [-0.2, -0.15) is 0 Å². The van der Waals surface area contributed by atoms with Crippen molar-refractivity contribution in [3.05, 3.63) is 53.9 Å². The van der Waals surface area contributed by atoms with E-state index in [-0.39, 0.29) is 17.8 Å². The highest BCUT2D eigenvalue weighted by Gasteiger charge is 2.53. The summed E-state index contributed by atoms with van der Waals surface area (Å²) in [7, 11) is 2.04. The van der Waals surface area contributed by atoms with E-state index in [1.165, 1.54) is 24.2 Å². The second-order valence-electron chi connectivity index (χ2n) is 9.58. The SMILES string of the molecule is Cn1cccc1CN1CCC2(CC1)C(=NC1CCCCC1)NC(=O)N2c1cc(F)cc(F)c1. The Morgan fingerprint density at radius 3 is 2.42 bits per heavy atom. The van der Waals surface area contributed by atoms with Gasteiger partial charge in [0.1, 0.15) is 23.0 Å². The lowest BCUT2D eigenvalue weighted by Crippen LogP contribution is -2.57. The molecular formula is C25H31F2N5O. The van der Waals surface area contributed by atoms with E-state index >= 15 is 0 Å². The van der Waals surface area contributed by atoms with Crippen LogP contribution in [0.4, 0.5) is 19.3 Å². The van der Waals surface area contributed by atoms with E-state index in [1.807, 2.05) is 19.3 Å². The number of urea groups is 1. The van der Waals surface area contributed by atoms with Gasteiger partial charge in [-0.05, 0) is 49.9 Å². The molecule has 1 N–H and O–H groups in total. The van der Waals surface area contributed by atoms with Crippen molar-refractivity contribution in [2.45, 2.75) is 63.1 Å². The molecule has 2 aromatic rings. The van der Waals surface area contributed by atoms with Crippen LogP contribution in [0.25, 0.3) is 0 Å². The number of amidine groups is 1. The van der Waals surface area contributed by atoms with Crippen LogP contribution in [0.15, 0.2) is 41.5 Å². The molecule has 33 heavy (non-hydrogen) atoms. The molecule has 2 aliphatic heterocycles. The van der Waals surface area contributed by atoms with Crippen molar-refractivity contribution < 1.29 is 13.6 Å². The Hall–Kier alpha value is -2.74. The van der Waals surface area contributed by atoms with Crippen molar-refractivity contribution in [2.24, 2.45) is 12.0 Å². The summed E-state index contributed by atoms with van der Waals surface area (Å²) in [5.41, 5.74) is 0.765. The van der Waals surface area contributed by atoms with Gasteiger partial charge in [0.2, 0.25) is 0 Å². The maximum atomic E-state index is 14.1. The number of amides is 2. The Morgan fingerprint density at radius 1 is 1.09 bits per heavy atom. The van der Waals surface area contributed by atoms with Gasteiger partial charge >= 0.3 is 6.03 Å². The van der Waals surface area contributed by atoms with E-state index in [2.05, 4.69) is 20.9 Å². The fourth-order valence-electron chi connectivity index (χ4n) is 5.58. The summed E-state index contributed by atoms with van der Waals surface area (Å²) in [6.07, 6.45) is 8.89. The predicted octanol–water partition coefficient (Wildman–Crippen LogP) is 4.60. The van der Waals surface area contributed by atoms with E-state index in [1.54, 1.807) is 4.90 Å². The molecule has 6 nitrogen and oxygen atoms in total. The van der Waals surface area contributed by atoms with E-state index in [0.717, 1.165) is 51.4 Å². The van der Waals surface area contributed by atoms with E-state index < -0.39 is 17.2 Å². The number of likely N-dealkylation sites (tertiary alicyclic amines) is 1. The molecular weight excluding hydrogens is 424 g/mol. The minimum Gasteiger partial charge on any atom is -0.353 e. The quantitative estimate of drug-likeness (QED) is 0.733. The lowest BCUT2D eigenvalue weighted by molar-refractivity contribution is 0.181. The Bertz CT molecular complexity index is 1030. The van der Waals surface area contributed by atoms with Gasteiger partial charge in [-0.25, -0.2) is 13.6 Å². The van der Waals surface area contributed by atoms with Crippen LogP contribution in [0, 0.1) is 11.6 Å². The first-order valence-electron chi connectivity index (χ1n) is 11.9. The van der Waals surface area contributed by atoms with Crippen LogP contribution in [0.5, 0.6) is 0 Å². The summed E-state index contributed by atoms with van der Waals surface area (Å²) in [5, 5.41) is 2.99. The molecule has 176 valence electrons. The van der Waals surface area contributed by atoms with Crippen molar-refractivity contribution in [2.75, 3.05) is 18.0 Å². The zero-order valence-electron chi connectivity index (χ0n) is 19.1. The Balaban J connectivity index is 1.46. The molecule has 1 aliphatic carbocycles. The third-order valence-electron chi connectivity index (χ3n) is 7.41. The highest BCUT2D eigenvalue weighted by molar-refractivity contribution is 6.19. The number of carbonyl (C=O) groups excluding carboxylic acids is 1. The summed E-state index contributed by atoms with van der Waals surface area (Å²) in [4.78, 5) is 22.1. The highest BCUT2D eigenvalue weighted by atomic mass is 19.1. The van der Waals surface area contributed by atoms with Gasteiger partial charge in [-0.1, -0.05) is 19.3 Å². The molecule has 1 aromatic carbocycles. The second kappa shape index (κ2) is 8.89. The number of rotatable bonds is 4. The fraction of sp³-hybridized carbons (Fsp3) is 0.520. The Kier molecular flexibility index (Phi) is 5.95. The van der Waals surface area contributed by atoms with Gasteiger partial charge in [0.15, 0.2) is 0 Å². The molecule has 1 spiro atoms. The topological polar surface area (TPSA) is 52.9 Å². The first-order valence-corrected chi connectivity index (χ1v) is 11.9. The second-order valence-corrected chi connectivity index (χ2v) is 9.58. The monoisotopic (exact) mass is 455 g/mol. The van der Waals surface area contributed by atoms with Gasteiger partial charge in [0.05, 0.1) is 11.7 Å². The molecule has 2 saturated heterocycles. The summed E-state index contributed by atoms with van der Waals surface area (Å²) in [6.45, 7) is 2.35. The van der Waals surface area contributed by atoms with E-state index in [4.69, 9.17) is 4.99 Å². The van der Waals surface area contributed by atoms with Gasteiger partial charge in [0, 0.05) is 44.6 Å². The number of nitrogens with one attached hydrogen (secondary N) is 1. The number of hydrogen-bond donors (Lipinski definition) is 1. The first-order chi connectivity index (χ1) is 15.9. The van der Waals surface area contributed by atoms with Gasteiger partial charge in [-0.15, -0.1) is 0 Å². The smallest absolute Gasteiger partial charge is 0.328 e. The van der Waals surface area contributed by atoms with E-state index in [9.17, 15) is 13.6 Å². The fourth-order valence-corrected chi connectivity index (χ4v) is 5.58. The molecule has 0 bridgehead atoms. The number of piperidine rings is 1. The van der Waals surface area contributed by atoms with Gasteiger partial charge in [-0.3, -0.25) is 20.1 Å². The third-order valence-corrected chi connectivity index (χ3v) is 7.41. The van der Waals surface area contributed by atoms with Crippen molar-refractivity contribution in [3.8, 4) is 0 Å². The molecule has 0 atom stereocenters. The number of hydrogen-bond acceptors (Lipinski definition) is 3. The molecule has 1 saturated carbocycles. The maximum Gasteiger partial charge on any atom is 0.328 e. The number of halogens is 2. The van der Waals surface area contributed by atoms with Gasteiger partial charge < -0.3 is 4.57 Å². The highest BCUT2D eigenvalue weighted by Crippen LogP contribution is 2.39. The normalized spacial score (nSPS) is 22.9. The van der Waals surface area contributed by atoms with Crippen LogP contribution in [0.1, 0.15) is 50.6 Å². The molecule has 5 rings (SSSR count). The lowest BCUT2D eigenvalue weighted by atomic mass is 9.84. The van der Waals surface area contributed by atoms with Crippen molar-refractivity contribution >= 4 is 17.6 Å². The zero-order chi connectivity index (χ0) is 23.0. The van der Waals surface area contributed by atoms with Crippen LogP contribution in [0.3, 0.4) is 0 Å². The number of carbonyl (C=O) groups is 1. The summed E-state index contributed by atoms with van der Waals surface area (Å²) in [5.74, 6) is -0.707. The predicted molar refractivity (Wildman–Crippen MR) is 124 cm³/mol. The van der Waals surface area contributed by atoms with Crippen LogP contribution in [0.2, 0.25) is 0 Å². The number of aliphatic imine (C=N–C) groups is 1. The average molecular weight is 456 g/mol. The maximum absolute atomic E-state index is 14.1. The van der Waals surface area contributed by atoms with Crippen molar-refractivity contribution in [1.29, 1.82) is 0 Å². The standard InChI is InChI=1S/C25H31F2N5O/c1-30-11-5-8-21(30)17-31-12-9-25(10-13-31)23(28-20-6-3-2-4-7-20)29-24(33)32(25)22-15-18(26)14-19(27)16-22/h5,8,11,14-16,20H,2-4,6-7,9-10,12-13,17H2,1H3,(H,28,29,33). The molecule has 1 aromatic heterocycles. The van der Waals surface area contributed by atoms with Gasteiger partial charge in [0.25, 0.3) is 0 Å². The van der Waals surface area contributed by atoms with Crippen molar-refractivity contribution in [3.63, 3.8) is 0 Å². The number of aryl methyl sites for hydroxylation is 1.